The highest BCUT2D eigenvalue weighted by Crippen LogP contribution is 2.23. The molecule has 0 saturated carbocycles. The molecule has 0 aromatic carbocycles. The van der Waals surface area contributed by atoms with Crippen molar-refractivity contribution >= 4 is 17.4 Å². The smallest absolute Gasteiger partial charge is 0.225 e. The monoisotopic (exact) mass is 247 g/mol. The topological polar surface area (TPSA) is 84.4 Å². The van der Waals surface area contributed by atoms with Crippen LogP contribution in [0.25, 0.3) is 5.65 Å². The average molecular weight is 247 g/mol. The second-order valence-electron chi connectivity index (χ2n) is 4.55. The molecule has 1 saturated heterocycles. The number of piperazine rings is 1. The minimum atomic E-state index is 0.393. The Morgan fingerprint density at radius 2 is 1.89 bits per heavy atom. The van der Waals surface area contributed by atoms with E-state index in [1.54, 1.807) is 4.52 Å². The van der Waals surface area contributed by atoms with E-state index in [-0.39, 0.29) is 0 Å². The largest absolute Gasteiger partial charge is 0.368 e. The molecule has 0 bridgehead atoms. The molecule has 0 aliphatic carbocycles. The molecule has 1 aliphatic heterocycles. The lowest BCUT2D eigenvalue weighted by molar-refractivity contribution is 0.583. The summed E-state index contributed by atoms with van der Waals surface area (Å²) < 4.78 is 1.61. The maximum atomic E-state index is 5.95. The minimum absolute atomic E-state index is 0.393. The second kappa shape index (κ2) is 4.09. The first-order chi connectivity index (χ1) is 8.66. The van der Waals surface area contributed by atoms with E-state index in [0.29, 0.717) is 11.8 Å². The van der Waals surface area contributed by atoms with Gasteiger partial charge in [0.15, 0.2) is 5.65 Å². The first-order valence-electron chi connectivity index (χ1n) is 6.12. The molecular weight excluding hydrogens is 230 g/mol. The normalized spacial score (nSPS) is 16.4. The van der Waals surface area contributed by atoms with E-state index in [2.05, 4.69) is 25.3 Å². The summed E-state index contributed by atoms with van der Waals surface area (Å²) in [7, 11) is 0. The Labute approximate surface area is 105 Å². The Morgan fingerprint density at radius 3 is 2.61 bits per heavy atom. The molecule has 96 valence electrons. The zero-order valence-corrected chi connectivity index (χ0v) is 10.6. The number of aromatic nitrogens is 4. The van der Waals surface area contributed by atoms with Crippen LogP contribution in [-0.4, -0.2) is 45.8 Å². The lowest BCUT2D eigenvalue weighted by Gasteiger charge is -2.29. The van der Waals surface area contributed by atoms with Crippen LogP contribution in [-0.2, 0) is 0 Å². The van der Waals surface area contributed by atoms with Gasteiger partial charge in [0.05, 0.1) is 0 Å². The molecule has 18 heavy (non-hydrogen) atoms. The molecule has 0 radical (unpaired) electrons. The molecule has 0 amide bonds. The number of nitrogens with one attached hydrogen (secondary N) is 1. The molecule has 2 aromatic heterocycles. The van der Waals surface area contributed by atoms with Gasteiger partial charge in [0.1, 0.15) is 11.6 Å². The van der Waals surface area contributed by atoms with Crippen molar-refractivity contribution in [1.29, 1.82) is 0 Å². The van der Waals surface area contributed by atoms with Crippen LogP contribution in [0.1, 0.15) is 11.4 Å². The highest BCUT2D eigenvalue weighted by molar-refractivity contribution is 5.63. The number of nitrogens with zero attached hydrogens (tertiary/aromatic N) is 5. The SMILES string of the molecule is Cc1nc2c(C)c(N3CCNCC3)nc(N)n2n1. The van der Waals surface area contributed by atoms with Crippen molar-refractivity contribution in [3.63, 3.8) is 0 Å². The van der Waals surface area contributed by atoms with E-state index in [1.165, 1.54) is 0 Å². The molecule has 3 heterocycles. The number of fused-ring (bicyclic) bond motifs is 1. The highest BCUT2D eigenvalue weighted by Gasteiger charge is 2.19. The van der Waals surface area contributed by atoms with Crippen LogP contribution < -0.4 is 16.0 Å². The van der Waals surface area contributed by atoms with Gasteiger partial charge in [-0.15, -0.1) is 5.10 Å². The molecule has 2 aromatic rings. The zero-order valence-electron chi connectivity index (χ0n) is 10.6. The summed E-state index contributed by atoms with van der Waals surface area (Å²) in [6.45, 7) is 7.70. The zero-order chi connectivity index (χ0) is 12.7. The molecule has 1 aliphatic rings. The maximum Gasteiger partial charge on any atom is 0.225 e. The van der Waals surface area contributed by atoms with Crippen LogP contribution >= 0.6 is 0 Å². The molecule has 1 fully saturated rings. The van der Waals surface area contributed by atoms with E-state index < -0.39 is 0 Å². The van der Waals surface area contributed by atoms with E-state index in [4.69, 9.17) is 5.73 Å². The first kappa shape index (κ1) is 11.2. The van der Waals surface area contributed by atoms with E-state index >= 15 is 0 Å². The molecule has 3 N–H and O–H groups in total. The minimum Gasteiger partial charge on any atom is -0.368 e. The van der Waals surface area contributed by atoms with Gasteiger partial charge in [0.25, 0.3) is 0 Å². The van der Waals surface area contributed by atoms with Gasteiger partial charge in [0, 0.05) is 31.7 Å². The number of anilines is 2. The van der Waals surface area contributed by atoms with Crippen molar-refractivity contribution in [2.75, 3.05) is 36.8 Å². The summed E-state index contributed by atoms with van der Waals surface area (Å²) in [6, 6.07) is 0. The van der Waals surface area contributed by atoms with E-state index in [9.17, 15) is 0 Å². The predicted molar refractivity (Wildman–Crippen MR) is 69.8 cm³/mol. The van der Waals surface area contributed by atoms with Crippen molar-refractivity contribution in [2.45, 2.75) is 13.8 Å². The number of nitrogens with two attached hydrogens (primary N) is 1. The van der Waals surface area contributed by atoms with Crippen molar-refractivity contribution in [1.82, 2.24) is 24.9 Å². The number of hydrogen-bond donors (Lipinski definition) is 2. The summed E-state index contributed by atoms with van der Waals surface area (Å²) in [6.07, 6.45) is 0. The van der Waals surface area contributed by atoms with Crippen LogP contribution in [0.15, 0.2) is 0 Å². The highest BCUT2D eigenvalue weighted by atomic mass is 15.4. The summed E-state index contributed by atoms with van der Waals surface area (Å²) in [5.41, 5.74) is 7.79. The fourth-order valence-corrected chi connectivity index (χ4v) is 2.34. The van der Waals surface area contributed by atoms with Gasteiger partial charge in [-0.1, -0.05) is 0 Å². The van der Waals surface area contributed by atoms with Crippen molar-refractivity contribution in [3.05, 3.63) is 11.4 Å². The molecule has 7 nitrogen and oxygen atoms in total. The Kier molecular flexibility index (Phi) is 2.55. The van der Waals surface area contributed by atoms with Crippen LogP contribution in [0, 0.1) is 13.8 Å². The predicted octanol–water partition coefficient (Wildman–Crippen LogP) is -0.267. The molecule has 0 atom stereocenters. The lowest BCUT2D eigenvalue weighted by atomic mass is 10.2. The van der Waals surface area contributed by atoms with E-state index in [1.807, 2.05) is 13.8 Å². The molecular formula is C11H17N7. The molecule has 3 rings (SSSR count). The number of aryl methyl sites for hydroxylation is 2. The van der Waals surface area contributed by atoms with Gasteiger partial charge in [-0.2, -0.15) is 9.50 Å². The molecule has 7 heteroatoms. The van der Waals surface area contributed by atoms with Crippen LogP contribution in [0.4, 0.5) is 11.8 Å². The summed E-state index contributed by atoms with van der Waals surface area (Å²) in [5.74, 6) is 2.03. The first-order valence-corrected chi connectivity index (χ1v) is 6.12. The third kappa shape index (κ3) is 1.67. The van der Waals surface area contributed by atoms with Gasteiger partial charge >= 0.3 is 0 Å². The number of hydrogen-bond acceptors (Lipinski definition) is 6. The van der Waals surface area contributed by atoms with Crippen LogP contribution in [0.5, 0.6) is 0 Å². The molecule has 0 spiro atoms. The van der Waals surface area contributed by atoms with Crippen molar-refractivity contribution in [3.8, 4) is 0 Å². The van der Waals surface area contributed by atoms with Crippen molar-refractivity contribution < 1.29 is 0 Å². The second-order valence-corrected chi connectivity index (χ2v) is 4.55. The van der Waals surface area contributed by atoms with Gasteiger partial charge < -0.3 is 16.0 Å². The number of nitrogen functional groups attached to an aromatic ring is 1. The van der Waals surface area contributed by atoms with Crippen LogP contribution in [0.2, 0.25) is 0 Å². The Hall–Kier alpha value is -1.89. The Morgan fingerprint density at radius 1 is 1.17 bits per heavy atom. The standard InChI is InChI=1S/C11H17N7/c1-7-9(17-5-3-13-4-6-17)15-11(12)18-10(7)14-8(2)16-18/h13H,3-6H2,1-2H3,(H2,12,15). The maximum absolute atomic E-state index is 5.95. The summed E-state index contributed by atoms with van der Waals surface area (Å²) >= 11 is 0. The third-order valence-electron chi connectivity index (χ3n) is 3.24. The van der Waals surface area contributed by atoms with Crippen molar-refractivity contribution in [2.24, 2.45) is 0 Å². The van der Waals surface area contributed by atoms with Gasteiger partial charge in [-0.25, -0.2) is 4.98 Å². The third-order valence-corrected chi connectivity index (χ3v) is 3.24. The quantitative estimate of drug-likeness (QED) is 0.722. The lowest BCUT2D eigenvalue weighted by Crippen LogP contribution is -2.44. The molecule has 0 unspecified atom stereocenters. The fourth-order valence-electron chi connectivity index (χ4n) is 2.34. The van der Waals surface area contributed by atoms with E-state index in [0.717, 1.165) is 43.2 Å². The average Bonchev–Trinajstić information content (AvgIpc) is 2.78. The Bertz CT molecular complexity index is 583. The summed E-state index contributed by atoms with van der Waals surface area (Å²) in [5, 5.41) is 7.57. The van der Waals surface area contributed by atoms with Gasteiger partial charge in [-0.05, 0) is 13.8 Å². The fraction of sp³-hybridized carbons (Fsp3) is 0.545. The Balaban J connectivity index is 2.14. The summed E-state index contributed by atoms with van der Waals surface area (Å²) in [4.78, 5) is 11.1. The van der Waals surface area contributed by atoms with Gasteiger partial charge in [-0.3, -0.25) is 0 Å². The van der Waals surface area contributed by atoms with Crippen LogP contribution in [0.3, 0.4) is 0 Å². The van der Waals surface area contributed by atoms with Gasteiger partial charge in [0.2, 0.25) is 5.95 Å². The number of rotatable bonds is 1.